The first-order valence-electron chi connectivity index (χ1n) is 5.17. The Morgan fingerprint density at radius 2 is 2.53 bits per heavy atom. The Labute approximate surface area is 98.1 Å². The summed E-state index contributed by atoms with van der Waals surface area (Å²) in [6, 6.07) is 4.91. The summed E-state index contributed by atoms with van der Waals surface area (Å²) in [5.41, 5.74) is 0.00564. The second-order valence-electron chi connectivity index (χ2n) is 3.61. The van der Waals surface area contributed by atoms with Gasteiger partial charge >= 0.3 is 0 Å². The highest BCUT2D eigenvalue weighted by Gasteiger charge is 2.26. The van der Waals surface area contributed by atoms with Crippen molar-refractivity contribution >= 4 is 5.91 Å². The Kier molecular flexibility index (Phi) is 3.21. The molecule has 0 spiro atoms. The fourth-order valence-electron chi connectivity index (χ4n) is 1.62. The highest BCUT2D eigenvalue weighted by atomic mass is 16.5. The lowest BCUT2D eigenvalue weighted by Gasteiger charge is -2.29. The molecule has 0 aromatic carbocycles. The molecular weight excluding hydrogens is 222 g/mol. The van der Waals surface area contributed by atoms with Gasteiger partial charge in [0.05, 0.1) is 19.2 Å². The van der Waals surface area contributed by atoms with E-state index >= 15 is 0 Å². The molecule has 1 aromatic rings. The largest absolute Gasteiger partial charge is 0.505 e. The highest BCUT2D eigenvalue weighted by molar-refractivity contribution is 5.94. The number of morpholine rings is 1. The summed E-state index contributed by atoms with van der Waals surface area (Å²) in [4.78, 5) is 17.3. The Morgan fingerprint density at radius 3 is 3.24 bits per heavy atom. The Bertz CT molecular complexity index is 469. The number of carbonyl (C=O) groups is 1. The van der Waals surface area contributed by atoms with Crippen molar-refractivity contribution in [2.24, 2.45) is 0 Å². The first kappa shape index (κ1) is 11.4. The number of amides is 1. The summed E-state index contributed by atoms with van der Waals surface area (Å²) >= 11 is 0. The smallest absolute Gasteiger partial charge is 0.276 e. The van der Waals surface area contributed by atoms with Crippen LogP contribution in [0.1, 0.15) is 10.5 Å². The van der Waals surface area contributed by atoms with Crippen LogP contribution >= 0.6 is 0 Å². The maximum atomic E-state index is 12.0. The summed E-state index contributed by atoms with van der Waals surface area (Å²) < 4.78 is 5.14. The third-order valence-electron chi connectivity index (χ3n) is 2.49. The number of hydrogen-bond donors (Lipinski definition) is 1. The van der Waals surface area contributed by atoms with Gasteiger partial charge in [-0.2, -0.15) is 5.26 Å². The van der Waals surface area contributed by atoms with Crippen molar-refractivity contribution in [3.05, 3.63) is 24.0 Å². The van der Waals surface area contributed by atoms with E-state index in [2.05, 4.69) is 4.98 Å². The Hall–Kier alpha value is -2.13. The fourth-order valence-corrected chi connectivity index (χ4v) is 1.62. The third-order valence-corrected chi connectivity index (χ3v) is 2.49. The van der Waals surface area contributed by atoms with Crippen LogP contribution in [0.25, 0.3) is 0 Å². The van der Waals surface area contributed by atoms with E-state index in [9.17, 15) is 9.90 Å². The zero-order valence-corrected chi connectivity index (χ0v) is 9.04. The molecule has 1 N–H and O–H groups in total. The maximum absolute atomic E-state index is 12.0. The number of aromatic nitrogens is 1. The first-order valence-corrected chi connectivity index (χ1v) is 5.17. The lowest BCUT2D eigenvalue weighted by molar-refractivity contribution is 0.00306. The number of ether oxygens (including phenoxy) is 1. The molecule has 2 rings (SSSR count). The molecule has 1 aliphatic rings. The van der Waals surface area contributed by atoms with Crippen LogP contribution < -0.4 is 0 Å². The van der Waals surface area contributed by atoms with Gasteiger partial charge in [-0.3, -0.25) is 4.79 Å². The van der Waals surface area contributed by atoms with Crippen molar-refractivity contribution in [2.45, 2.75) is 6.10 Å². The molecule has 1 aromatic heterocycles. The monoisotopic (exact) mass is 233 g/mol. The molecule has 1 amide bonds. The molecule has 0 saturated carbocycles. The Morgan fingerprint density at radius 1 is 1.71 bits per heavy atom. The molecule has 0 radical (unpaired) electrons. The van der Waals surface area contributed by atoms with E-state index in [1.54, 1.807) is 6.07 Å². The van der Waals surface area contributed by atoms with Crippen LogP contribution in [-0.4, -0.2) is 46.7 Å². The van der Waals surface area contributed by atoms with Crippen LogP contribution in [0.5, 0.6) is 5.75 Å². The minimum atomic E-state index is -0.612. The second kappa shape index (κ2) is 4.80. The summed E-state index contributed by atoms with van der Waals surface area (Å²) in [5, 5.41) is 18.3. The van der Waals surface area contributed by atoms with Crippen molar-refractivity contribution in [2.75, 3.05) is 19.7 Å². The summed E-state index contributed by atoms with van der Waals surface area (Å²) in [7, 11) is 0. The van der Waals surface area contributed by atoms with Gasteiger partial charge < -0.3 is 14.7 Å². The minimum absolute atomic E-state index is 0.00564. The van der Waals surface area contributed by atoms with Gasteiger partial charge in [0, 0.05) is 12.7 Å². The highest BCUT2D eigenvalue weighted by Crippen LogP contribution is 2.16. The minimum Gasteiger partial charge on any atom is -0.505 e. The fraction of sp³-hybridized carbons (Fsp3) is 0.364. The topological polar surface area (TPSA) is 86.5 Å². The van der Waals surface area contributed by atoms with Crippen LogP contribution in [-0.2, 0) is 4.74 Å². The maximum Gasteiger partial charge on any atom is 0.276 e. The standard InChI is InChI=1S/C11H11N3O3/c12-6-8-7-14(4-5-17-8)11(16)10-9(15)2-1-3-13-10/h1-3,8,15H,4-5,7H2. The lowest BCUT2D eigenvalue weighted by atomic mass is 10.2. The van der Waals surface area contributed by atoms with Crippen LogP contribution in [0.3, 0.4) is 0 Å². The summed E-state index contributed by atoms with van der Waals surface area (Å²) in [5.74, 6) is -0.538. The van der Waals surface area contributed by atoms with Gasteiger partial charge in [-0.1, -0.05) is 0 Å². The van der Waals surface area contributed by atoms with Gasteiger partial charge in [0.25, 0.3) is 5.91 Å². The molecule has 1 unspecified atom stereocenters. The molecule has 1 aliphatic heterocycles. The number of carbonyl (C=O) groups excluding carboxylic acids is 1. The average molecular weight is 233 g/mol. The molecule has 6 nitrogen and oxygen atoms in total. The van der Waals surface area contributed by atoms with Gasteiger partial charge in [-0.05, 0) is 12.1 Å². The molecule has 88 valence electrons. The number of hydrogen-bond acceptors (Lipinski definition) is 5. The molecule has 0 aliphatic carbocycles. The van der Waals surface area contributed by atoms with E-state index in [1.807, 2.05) is 6.07 Å². The van der Waals surface area contributed by atoms with E-state index in [1.165, 1.54) is 17.2 Å². The molecule has 1 saturated heterocycles. The molecule has 17 heavy (non-hydrogen) atoms. The number of pyridine rings is 1. The zero-order chi connectivity index (χ0) is 12.3. The van der Waals surface area contributed by atoms with Crippen molar-refractivity contribution in [1.82, 2.24) is 9.88 Å². The van der Waals surface area contributed by atoms with Crippen LogP contribution in [0.2, 0.25) is 0 Å². The average Bonchev–Trinajstić information content (AvgIpc) is 2.38. The van der Waals surface area contributed by atoms with Crippen molar-refractivity contribution in [3.8, 4) is 11.8 Å². The quantitative estimate of drug-likeness (QED) is 0.746. The second-order valence-corrected chi connectivity index (χ2v) is 3.61. The molecule has 1 atom stereocenters. The predicted molar refractivity (Wildman–Crippen MR) is 57.2 cm³/mol. The van der Waals surface area contributed by atoms with Gasteiger partial charge in [0.1, 0.15) is 5.75 Å². The normalized spacial score (nSPS) is 19.7. The molecule has 1 fully saturated rings. The lowest BCUT2D eigenvalue weighted by Crippen LogP contribution is -2.45. The van der Waals surface area contributed by atoms with E-state index in [4.69, 9.17) is 10.00 Å². The number of rotatable bonds is 1. The molecular formula is C11H11N3O3. The van der Waals surface area contributed by atoms with Gasteiger partial charge in [0.2, 0.25) is 0 Å². The van der Waals surface area contributed by atoms with Crippen molar-refractivity contribution < 1.29 is 14.6 Å². The summed E-state index contributed by atoms with van der Waals surface area (Å²) in [6.07, 6.45) is 0.827. The third kappa shape index (κ3) is 2.34. The van der Waals surface area contributed by atoms with Gasteiger partial charge in [-0.15, -0.1) is 0 Å². The first-order chi connectivity index (χ1) is 8.22. The molecule has 6 heteroatoms. The predicted octanol–water partition coefficient (Wildman–Crippen LogP) is 0.152. The van der Waals surface area contributed by atoms with E-state index in [0.717, 1.165) is 0 Å². The van der Waals surface area contributed by atoms with E-state index in [0.29, 0.717) is 13.2 Å². The van der Waals surface area contributed by atoms with Crippen LogP contribution in [0.4, 0.5) is 0 Å². The van der Waals surface area contributed by atoms with Crippen LogP contribution in [0.15, 0.2) is 18.3 Å². The van der Waals surface area contributed by atoms with Gasteiger partial charge in [0.15, 0.2) is 11.8 Å². The summed E-state index contributed by atoms with van der Waals surface area (Å²) in [6.45, 7) is 0.913. The SMILES string of the molecule is N#CC1CN(C(=O)c2ncccc2O)CCO1. The Balaban J connectivity index is 2.16. The van der Waals surface area contributed by atoms with Crippen molar-refractivity contribution in [3.63, 3.8) is 0 Å². The van der Waals surface area contributed by atoms with E-state index < -0.39 is 6.10 Å². The van der Waals surface area contributed by atoms with Crippen molar-refractivity contribution in [1.29, 1.82) is 5.26 Å². The molecule has 0 bridgehead atoms. The van der Waals surface area contributed by atoms with Gasteiger partial charge in [-0.25, -0.2) is 4.98 Å². The zero-order valence-electron chi connectivity index (χ0n) is 9.04. The molecule has 2 heterocycles. The number of aromatic hydroxyl groups is 1. The number of nitriles is 1. The number of nitrogens with zero attached hydrogens (tertiary/aromatic N) is 3. The van der Waals surface area contributed by atoms with E-state index in [-0.39, 0.29) is 23.9 Å². The van der Waals surface area contributed by atoms with Crippen LogP contribution in [0, 0.1) is 11.3 Å².